The second kappa shape index (κ2) is 8.89. The number of carbonyl (C=O) groups excluding carboxylic acids is 1. The Morgan fingerprint density at radius 2 is 2.00 bits per heavy atom. The van der Waals surface area contributed by atoms with Gasteiger partial charge in [0.25, 0.3) is 12.3 Å². The number of fused-ring (bicyclic) bond motifs is 1. The number of hydrogen-bond acceptors (Lipinski definition) is 6. The Balaban J connectivity index is 1.68. The summed E-state index contributed by atoms with van der Waals surface area (Å²) in [5.41, 5.74) is 13.0. The molecule has 1 aromatic carbocycles. The first-order valence-corrected chi connectivity index (χ1v) is 10.7. The second-order valence-electron chi connectivity index (χ2n) is 8.46. The number of anilines is 3. The van der Waals surface area contributed by atoms with Gasteiger partial charge in [-0.2, -0.15) is 5.10 Å². The van der Waals surface area contributed by atoms with Crippen LogP contribution in [0.2, 0.25) is 0 Å². The van der Waals surface area contributed by atoms with E-state index in [1.807, 2.05) is 6.92 Å². The predicted octanol–water partition coefficient (Wildman–Crippen LogP) is 3.52. The lowest BCUT2D eigenvalue weighted by molar-refractivity contribution is 0.1000. The zero-order valence-corrected chi connectivity index (χ0v) is 18.3. The molecule has 176 valence electrons. The molecule has 1 aliphatic carbocycles. The van der Waals surface area contributed by atoms with E-state index in [-0.39, 0.29) is 29.3 Å². The van der Waals surface area contributed by atoms with Gasteiger partial charge >= 0.3 is 0 Å². The molecule has 1 saturated carbocycles. The molecule has 2 heterocycles. The van der Waals surface area contributed by atoms with Crippen molar-refractivity contribution in [2.45, 2.75) is 51.7 Å². The lowest BCUT2D eigenvalue weighted by atomic mass is 10.1. The summed E-state index contributed by atoms with van der Waals surface area (Å²) in [6.45, 7) is 3.04. The van der Waals surface area contributed by atoms with Gasteiger partial charge in [-0.3, -0.25) is 9.48 Å². The van der Waals surface area contributed by atoms with Gasteiger partial charge < -0.3 is 22.1 Å². The fourth-order valence-electron chi connectivity index (χ4n) is 3.99. The SMILES string of the molecule is Cc1nn(CC(F)F)c2ccc(Nc3nc(N[C@H](C4CC4)[C@H](C)N)c(F)cc3C(N)=O)cc12. The molecule has 0 radical (unpaired) electrons. The summed E-state index contributed by atoms with van der Waals surface area (Å²) < 4.78 is 41.7. The number of hydrogen-bond donors (Lipinski definition) is 4. The molecule has 33 heavy (non-hydrogen) atoms. The van der Waals surface area contributed by atoms with Crippen LogP contribution in [-0.4, -0.2) is 39.2 Å². The maximum absolute atomic E-state index is 14.7. The van der Waals surface area contributed by atoms with Gasteiger partial charge in [0.1, 0.15) is 12.4 Å². The van der Waals surface area contributed by atoms with E-state index in [2.05, 4.69) is 20.7 Å². The number of rotatable bonds is 9. The van der Waals surface area contributed by atoms with Crippen molar-refractivity contribution in [2.75, 3.05) is 10.6 Å². The van der Waals surface area contributed by atoms with Crippen LogP contribution in [0, 0.1) is 18.7 Å². The Kier molecular flexibility index (Phi) is 6.15. The molecule has 6 N–H and O–H groups in total. The van der Waals surface area contributed by atoms with Crippen LogP contribution in [0.4, 0.5) is 30.5 Å². The molecule has 0 spiro atoms. The van der Waals surface area contributed by atoms with Crippen molar-refractivity contribution < 1.29 is 18.0 Å². The largest absolute Gasteiger partial charge is 0.365 e. The molecule has 11 heteroatoms. The molecule has 0 saturated heterocycles. The van der Waals surface area contributed by atoms with Gasteiger partial charge in [-0.05, 0) is 56.9 Å². The van der Waals surface area contributed by atoms with Gasteiger partial charge in [0, 0.05) is 23.2 Å². The van der Waals surface area contributed by atoms with E-state index in [4.69, 9.17) is 11.5 Å². The first kappa shape index (κ1) is 22.8. The van der Waals surface area contributed by atoms with Crippen LogP contribution in [0.5, 0.6) is 0 Å². The van der Waals surface area contributed by atoms with Crippen LogP contribution >= 0.6 is 0 Å². The van der Waals surface area contributed by atoms with Gasteiger partial charge in [-0.25, -0.2) is 18.2 Å². The average Bonchev–Trinajstić information content (AvgIpc) is 3.52. The smallest absolute Gasteiger partial charge is 0.257 e. The summed E-state index contributed by atoms with van der Waals surface area (Å²) in [6, 6.07) is 5.66. The third kappa shape index (κ3) is 4.87. The van der Waals surface area contributed by atoms with Crippen molar-refractivity contribution >= 4 is 34.1 Å². The number of pyridine rings is 1. The van der Waals surface area contributed by atoms with E-state index >= 15 is 0 Å². The molecule has 1 aliphatic rings. The quantitative estimate of drug-likeness (QED) is 0.387. The average molecular weight is 461 g/mol. The van der Waals surface area contributed by atoms with E-state index < -0.39 is 24.7 Å². The van der Waals surface area contributed by atoms with Crippen molar-refractivity contribution in [3.63, 3.8) is 0 Å². The minimum absolute atomic E-state index is 0.0290. The molecule has 3 aromatic rings. The Morgan fingerprint density at radius 1 is 1.27 bits per heavy atom. The number of aryl methyl sites for hydroxylation is 1. The lowest BCUT2D eigenvalue weighted by Gasteiger charge is -2.23. The fraction of sp³-hybridized carbons (Fsp3) is 0.409. The Hall–Kier alpha value is -3.34. The summed E-state index contributed by atoms with van der Waals surface area (Å²) in [7, 11) is 0. The number of nitrogens with two attached hydrogens (primary N) is 2. The molecule has 4 rings (SSSR count). The number of nitrogens with zero attached hydrogens (tertiary/aromatic N) is 3. The standard InChI is InChI=1S/C22H26F3N7O/c1-10(26)19(12-3-4-12)29-22-16(23)8-15(20(27)33)21(30-22)28-13-5-6-17-14(7-13)11(2)31-32(17)9-18(24)25/h5-8,10,12,18-19H,3-4,9,26H2,1-2H3,(H2,27,33)(H2,28,29,30)/t10-,19-/m0/s1. The molecule has 0 bridgehead atoms. The normalized spacial score (nSPS) is 15.6. The fourth-order valence-corrected chi connectivity index (χ4v) is 3.99. The second-order valence-corrected chi connectivity index (χ2v) is 8.46. The minimum Gasteiger partial charge on any atom is -0.365 e. The first-order valence-electron chi connectivity index (χ1n) is 10.7. The van der Waals surface area contributed by atoms with Gasteiger partial charge in [0.2, 0.25) is 0 Å². The Labute approximate surface area is 188 Å². The highest BCUT2D eigenvalue weighted by Gasteiger charge is 2.34. The number of halogens is 3. The minimum atomic E-state index is -2.53. The molecule has 8 nitrogen and oxygen atoms in total. The van der Waals surface area contributed by atoms with E-state index in [1.54, 1.807) is 25.1 Å². The number of benzene rings is 1. The van der Waals surface area contributed by atoms with Gasteiger partial charge in [0.05, 0.1) is 16.8 Å². The van der Waals surface area contributed by atoms with Crippen molar-refractivity contribution in [1.82, 2.24) is 14.8 Å². The van der Waals surface area contributed by atoms with Crippen LogP contribution < -0.4 is 22.1 Å². The van der Waals surface area contributed by atoms with Crippen molar-refractivity contribution in [3.8, 4) is 0 Å². The van der Waals surface area contributed by atoms with Crippen molar-refractivity contribution in [1.29, 1.82) is 0 Å². The topological polar surface area (TPSA) is 124 Å². The summed E-state index contributed by atoms with van der Waals surface area (Å²) in [6.07, 6.45) is -0.526. The lowest BCUT2D eigenvalue weighted by Crippen LogP contribution is -2.40. The molecular formula is C22H26F3N7O. The van der Waals surface area contributed by atoms with Crippen molar-refractivity contribution in [2.24, 2.45) is 17.4 Å². The van der Waals surface area contributed by atoms with Crippen LogP contribution in [-0.2, 0) is 6.54 Å². The molecule has 0 aliphatic heterocycles. The molecule has 2 atom stereocenters. The third-order valence-corrected chi connectivity index (χ3v) is 5.75. The zero-order valence-electron chi connectivity index (χ0n) is 18.3. The van der Waals surface area contributed by atoms with E-state index in [9.17, 15) is 18.0 Å². The molecule has 2 aromatic heterocycles. The highest BCUT2D eigenvalue weighted by atomic mass is 19.3. The van der Waals surface area contributed by atoms with Crippen LogP contribution in [0.1, 0.15) is 35.8 Å². The molecule has 0 unspecified atom stereocenters. The molecule has 1 amide bonds. The monoisotopic (exact) mass is 461 g/mol. The highest BCUT2D eigenvalue weighted by Crippen LogP contribution is 2.36. The molecular weight excluding hydrogens is 435 g/mol. The predicted molar refractivity (Wildman–Crippen MR) is 120 cm³/mol. The summed E-state index contributed by atoms with van der Waals surface area (Å²) >= 11 is 0. The van der Waals surface area contributed by atoms with Crippen LogP contribution in [0.15, 0.2) is 24.3 Å². The first-order chi connectivity index (χ1) is 15.6. The summed E-state index contributed by atoms with van der Waals surface area (Å²) in [4.78, 5) is 16.2. The van der Waals surface area contributed by atoms with E-state index in [0.717, 1.165) is 18.9 Å². The van der Waals surface area contributed by atoms with Crippen molar-refractivity contribution in [3.05, 3.63) is 41.3 Å². The van der Waals surface area contributed by atoms with Gasteiger partial charge in [-0.1, -0.05) is 0 Å². The van der Waals surface area contributed by atoms with Gasteiger partial charge in [-0.15, -0.1) is 0 Å². The highest BCUT2D eigenvalue weighted by molar-refractivity contribution is 5.99. The zero-order chi connectivity index (χ0) is 23.9. The third-order valence-electron chi connectivity index (χ3n) is 5.75. The maximum Gasteiger partial charge on any atom is 0.257 e. The number of alkyl halides is 2. The molecule has 1 fully saturated rings. The Bertz CT molecular complexity index is 1190. The number of primary amides is 1. The van der Waals surface area contributed by atoms with Crippen LogP contribution in [0.25, 0.3) is 10.9 Å². The van der Waals surface area contributed by atoms with Crippen LogP contribution in [0.3, 0.4) is 0 Å². The van der Waals surface area contributed by atoms with Gasteiger partial charge in [0.15, 0.2) is 11.6 Å². The van der Waals surface area contributed by atoms with E-state index in [0.29, 0.717) is 28.2 Å². The number of aromatic nitrogens is 3. The Morgan fingerprint density at radius 3 is 2.61 bits per heavy atom. The summed E-state index contributed by atoms with van der Waals surface area (Å²) in [5, 5.41) is 10.9. The number of amides is 1. The number of carbonyl (C=O) groups is 1. The van der Waals surface area contributed by atoms with E-state index in [1.165, 1.54) is 4.68 Å². The maximum atomic E-state index is 14.7. The summed E-state index contributed by atoms with van der Waals surface area (Å²) in [5.74, 6) is -1.17. The number of nitrogens with one attached hydrogen (secondary N) is 2.